The fourth-order valence-corrected chi connectivity index (χ4v) is 4.58. The molecule has 1 atom stereocenters. The number of thioether (sulfide) groups is 1. The number of amides is 1. The first-order valence-electron chi connectivity index (χ1n) is 10.3. The second-order valence-corrected chi connectivity index (χ2v) is 10.0. The van der Waals surface area contributed by atoms with Crippen molar-refractivity contribution in [3.05, 3.63) is 42.0 Å². The minimum Gasteiger partial charge on any atom is -0.368 e. The Balaban J connectivity index is 0.000000433. The third kappa shape index (κ3) is 5.83. The van der Waals surface area contributed by atoms with Crippen molar-refractivity contribution in [3.8, 4) is 0 Å². The van der Waals surface area contributed by atoms with Crippen molar-refractivity contribution in [2.24, 2.45) is 0 Å². The number of rotatable bonds is 6. The van der Waals surface area contributed by atoms with Crippen molar-refractivity contribution >= 4 is 56.0 Å². The topological polar surface area (TPSA) is 111 Å². The predicted molar refractivity (Wildman–Crippen MR) is 129 cm³/mol. The number of carbonyl (C=O) groups excluding carboxylic acids is 1. The van der Waals surface area contributed by atoms with E-state index in [0.717, 1.165) is 34.4 Å². The summed E-state index contributed by atoms with van der Waals surface area (Å²) < 4.78 is 4.49. The molecule has 1 unspecified atom stereocenters. The number of hydrogen-bond donors (Lipinski definition) is 3. The van der Waals surface area contributed by atoms with Crippen LogP contribution in [0.1, 0.15) is 24.8 Å². The number of nitrogens with zero attached hydrogens (tertiary/aromatic N) is 3. The maximum atomic E-state index is 12.4. The Morgan fingerprint density at radius 2 is 1.88 bits per heavy atom. The number of fused-ring (bicyclic) bond motifs is 1. The Bertz CT molecular complexity index is 1110. The molecule has 1 aliphatic carbocycles. The Morgan fingerprint density at radius 1 is 1.19 bits per heavy atom. The first-order chi connectivity index (χ1) is 15.4. The third-order valence-electron chi connectivity index (χ3n) is 4.79. The van der Waals surface area contributed by atoms with E-state index in [1.54, 1.807) is 0 Å². The second kappa shape index (κ2) is 9.95. The Labute approximate surface area is 194 Å². The minimum absolute atomic E-state index is 0.0702. The van der Waals surface area contributed by atoms with Gasteiger partial charge in [0.05, 0.1) is 6.61 Å². The first kappa shape index (κ1) is 22.7. The van der Waals surface area contributed by atoms with E-state index in [-0.39, 0.29) is 5.71 Å². The lowest BCUT2D eigenvalue weighted by Crippen LogP contribution is -2.25. The van der Waals surface area contributed by atoms with Gasteiger partial charge in [0.15, 0.2) is 11.4 Å². The molecule has 3 heterocycles. The lowest BCUT2D eigenvalue weighted by atomic mass is 10.1. The van der Waals surface area contributed by atoms with Crippen LogP contribution in [0.2, 0.25) is 0 Å². The van der Waals surface area contributed by atoms with Crippen LogP contribution in [-0.2, 0) is 9.53 Å². The standard InChI is InChI=1S/C19H19N5OS2.C3H6O2/c1-24(2)15-10-9-14-18(22-15)27-19(21-14)23-17(25)16(20)11-3-5-12(6-4-11)26-13-7-8-13;4-3-1-2-5-3/h3-6,9-10,13,20H,7-8H2,1-2H3,(H,21,23,25);3-4H,1-2H2. The number of thiazole rings is 1. The van der Waals surface area contributed by atoms with Gasteiger partial charge in [-0.25, -0.2) is 9.97 Å². The number of nitrogens with one attached hydrogen (secondary N) is 2. The van der Waals surface area contributed by atoms with Crippen molar-refractivity contribution in [3.63, 3.8) is 0 Å². The molecule has 2 aliphatic rings. The molecule has 3 N–H and O–H groups in total. The van der Waals surface area contributed by atoms with Gasteiger partial charge in [0, 0.05) is 36.2 Å². The largest absolute Gasteiger partial charge is 0.368 e. The maximum Gasteiger partial charge on any atom is 0.275 e. The van der Waals surface area contributed by atoms with Crippen LogP contribution < -0.4 is 10.2 Å². The van der Waals surface area contributed by atoms with Gasteiger partial charge in [-0.1, -0.05) is 23.5 Å². The van der Waals surface area contributed by atoms with Gasteiger partial charge in [0.1, 0.15) is 21.9 Å². The van der Waals surface area contributed by atoms with Crippen LogP contribution in [0, 0.1) is 5.41 Å². The zero-order valence-electron chi connectivity index (χ0n) is 17.9. The van der Waals surface area contributed by atoms with Gasteiger partial charge in [-0.05, 0) is 37.1 Å². The molecule has 1 aliphatic heterocycles. The number of pyridine rings is 1. The number of carbonyl (C=O) groups is 1. The summed E-state index contributed by atoms with van der Waals surface area (Å²) in [5, 5.41) is 20.3. The van der Waals surface area contributed by atoms with Crippen LogP contribution in [0.5, 0.6) is 0 Å². The van der Waals surface area contributed by atoms with Gasteiger partial charge in [-0.3, -0.25) is 15.5 Å². The van der Waals surface area contributed by atoms with Crippen LogP contribution in [0.4, 0.5) is 10.9 Å². The fourth-order valence-electron chi connectivity index (χ4n) is 2.70. The second-order valence-electron chi connectivity index (χ2n) is 7.69. The lowest BCUT2D eigenvalue weighted by molar-refractivity contribution is -0.182. The minimum atomic E-state index is -0.468. The molecule has 10 heteroatoms. The number of aliphatic hydroxyl groups excluding tert-OH is 1. The number of aromatic nitrogens is 2. The molecule has 0 spiro atoms. The number of aliphatic hydroxyl groups is 1. The lowest BCUT2D eigenvalue weighted by Gasteiger charge is -2.19. The highest BCUT2D eigenvalue weighted by Crippen LogP contribution is 2.39. The van der Waals surface area contributed by atoms with Crippen molar-refractivity contribution in [2.75, 3.05) is 30.9 Å². The Kier molecular flexibility index (Phi) is 7.04. The summed E-state index contributed by atoms with van der Waals surface area (Å²) in [7, 11) is 3.85. The molecular weight excluding hydrogens is 446 g/mol. The molecule has 3 aromatic rings. The van der Waals surface area contributed by atoms with Crippen molar-refractivity contribution < 1.29 is 14.6 Å². The van der Waals surface area contributed by atoms with Gasteiger partial charge >= 0.3 is 0 Å². The fraction of sp³-hybridized carbons (Fsp3) is 0.364. The van der Waals surface area contributed by atoms with Gasteiger partial charge < -0.3 is 14.7 Å². The van der Waals surface area contributed by atoms with E-state index in [1.165, 1.54) is 29.1 Å². The van der Waals surface area contributed by atoms with Crippen LogP contribution in [0.25, 0.3) is 10.3 Å². The molecule has 2 aromatic heterocycles. The normalized spacial score (nSPS) is 17.2. The van der Waals surface area contributed by atoms with Gasteiger partial charge in [0.25, 0.3) is 5.91 Å². The van der Waals surface area contributed by atoms with Gasteiger partial charge in [-0.2, -0.15) is 0 Å². The molecule has 1 saturated heterocycles. The maximum absolute atomic E-state index is 12.4. The van der Waals surface area contributed by atoms with Gasteiger partial charge in [-0.15, -0.1) is 11.8 Å². The number of benzene rings is 1. The highest BCUT2D eigenvalue weighted by molar-refractivity contribution is 8.00. The van der Waals surface area contributed by atoms with Crippen LogP contribution in [0.3, 0.4) is 0 Å². The summed E-state index contributed by atoms with van der Waals surface area (Å²) in [5.74, 6) is 0.366. The molecule has 0 radical (unpaired) electrons. The van der Waals surface area contributed by atoms with E-state index in [2.05, 4.69) is 20.0 Å². The smallest absolute Gasteiger partial charge is 0.275 e. The zero-order chi connectivity index (χ0) is 22.7. The van der Waals surface area contributed by atoms with E-state index in [1.807, 2.05) is 67.2 Å². The first-order valence-corrected chi connectivity index (χ1v) is 12.0. The molecular formula is C22H25N5O3S2. The summed E-state index contributed by atoms with van der Waals surface area (Å²) in [6.45, 7) is 0.737. The molecule has 168 valence electrons. The molecule has 2 fully saturated rings. The van der Waals surface area contributed by atoms with Crippen molar-refractivity contribution in [1.82, 2.24) is 9.97 Å². The SMILES string of the molecule is CN(C)c1ccc2nc(NC(=O)C(=N)c3ccc(SC4CC4)cc3)sc2n1.OC1CCO1. The van der Waals surface area contributed by atoms with Crippen LogP contribution >= 0.6 is 23.1 Å². The van der Waals surface area contributed by atoms with Crippen molar-refractivity contribution in [1.29, 1.82) is 5.41 Å². The van der Waals surface area contributed by atoms with E-state index < -0.39 is 12.2 Å². The van der Waals surface area contributed by atoms with E-state index in [0.29, 0.717) is 10.7 Å². The predicted octanol–water partition coefficient (Wildman–Crippen LogP) is 3.74. The number of hydrogen-bond acceptors (Lipinski definition) is 9. The average molecular weight is 472 g/mol. The number of ether oxygens (including phenoxy) is 1. The summed E-state index contributed by atoms with van der Waals surface area (Å²) in [5.41, 5.74) is 1.26. The van der Waals surface area contributed by atoms with Crippen LogP contribution in [-0.4, -0.2) is 58.9 Å². The molecule has 1 amide bonds. The molecule has 5 rings (SSSR count). The summed E-state index contributed by atoms with van der Waals surface area (Å²) in [6, 6.07) is 11.4. The molecule has 0 bridgehead atoms. The van der Waals surface area contributed by atoms with Crippen LogP contribution in [0.15, 0.2) is 41.3 Å². The Morgan fingerprint density at radius 3 is 2.44 bits per heavy atom. The molecule has 32 heavy (non-hydrogen) atoms. The summed E-state index contributed by atoms with van der Waals surface area (Å²) in [6.07, 6.45) is 2.94. The molecule has 1 aromatic carbocycles. The average Bonchev–Trinajstić information content (AvgIpc) is 3.48. The summed E-state index contributed by atoms with van der Waals surface area (Å²) in [4.78, 5) is 25.2. The monoisotopic (exact) mass is 471 g/mol. The molecule has 8 nitrogen and oxygen atoms in total. The summed E-state index contributed by atoms with van der Waals surface area (Å²) >= 11 is 3.16. The van der Waals surface area contributed by atoms with E-state index >= 15 is 0 Å². The highest BCUT2D eigenvalue weighted by Gasteiger charge is 2.22. The molecule has 1 saturated carbocycles. The third-order valence-corrected chi connectivity index (χ3v) is 7.02. The highest BCUT2D eigenvalue weighted by atomic mass is 32.2. The van der Waals surface area contributed by atoms with Crippen molar-refractivity contribution in [2.45, 2.75) is 35.7 Å². The van der Waals surface area contributed by atoms with E-state index in [4.69, 9.17) is 10.5 Å². The Hall–Kier alpha value is -2.53. The van der Waals surface area contributed by atoms with E-state index in [9.17, 15) is 4.79 Å². The quantitative estimate of drug-likeness (QED) is 0.470. The van der Waals surface area contributed by atoms with Gasteiger partial charge in [0.2, 0.25) is 0 Å². The number of anilines is 2. The zero-order valence-corrected chi connectivity index (χ0v) is 19.5.